The maximum Gasteiger partial charge on any atom is 0.391 e. The SMILES string of the molecule is NC1=NCC2(CCC(C(F)(F)F)CC2)N1. The molecule has 1 aliphatic carbocycles. The molecule has 1 spiro atoms. The summed E-state index contributed by atoms with van der Waals surface area (Å²) in [5, 5.41) is 3.00. The number of alkyl halides is 3. The van der Waals surface area contributed by atoms with Crippen molar-refractivity contribution in [3.05, 3.63) is 0 Å². The molecule has 3 N–H and O–H groups in total. The Labute approximate surface area is 85.9 Å². The Morgan fingerprint density at radius 2 is 1.93 bits per heavy atom. The predicted octanol–water partition coefficient (Wildman–Crippen LogP) is 1.40. The second kappa shape index (κ2) is 3.28. The van der Waals surface area contributed by atoms with E-state index >= 15 is 0 Å². The summed E-state index contributed by atoms with van der Waals surface area (Å²) >= 11 is 0. The third kappa shape index (κ3) is 2.03. The zero-order valence-electron chi connectivity index (χ0n) is 8.27. The molecule has 1 aliphatic heterocycles. The Balaban J connectivity index is 1.93. The fourth-order valence-electron chi connectivity index (χ4n) is 2.37. The minimum Gasteiger partial charge on any atom is -0.370 e. The van der Waals surface area contributed by atoms with Crippen LogP contribution < -0.4 is 11.1 Å². The molecule has 0 amide bonds. The molecule has 0 unspecified atom stereocenters. The third-order valence-corrected chi connectivity index (χ3v) is 3.35. The Morgan fingerprint density at radius 3 is 2.33 bits per heavy atom. The number of rotatable bonds is 0. The minimum absolute atomic E-state index is 0.180. The molecule has 3 nitrogen and oxygen atoms in total. The minimum atomic E-state index is -4.05. The van der Waals surface area contributed by atoms with E-state index in [1.54, 1.807) is 0 Å². The smallest absolute Gasteiger partial charge is 0.370 e. The lowest BCUT2D eigenvalue weighted by atomic mass is 9.76. The quantitative estimate of drug-likeness (QED) is 0.649. The predicted molar refractivity (Wildman–Crippen MR) is 50.4 cm³/mol. The molecule has 0 bridgehead atoms. The first-order valence-electron chi connectivity index (χ1n) is 5.06. The van der Waals surface area contributed by atoms with Gasteiger partial charge < -0.3 is 11.1 Å². The van der Waals surface area contributed by atoms with E-state index in [2.05, 4.69) is 10.3 Å². The molecule has 0 atom stereocenters. The molecule has 1 heterocycles. The lowest BCUT2D eigenvalue weighted by Crippen LogP contribution is -2.51. The normalized spacial score (nSPS) is 36.5. The van der Waals surface area contributed by atoms with Gasteiger partial charge in [-0.25, -0.2) is 0 Å². The molecular formula is C9H14F3N3. The number of nitrogens with two attached hydrogens (primary N) is 1. The summed E-state index contributed by atoms with van der Waals surface area (Å²) in [5.74, 6) is -0.785. The van der Waals surface area contributed by atoms with Crippen molar-refractivity contribution in [1.29, 1.82) is 0 Å². The van der Waals surface area contributed by atoms with Gasteiger partial charge in [-0.2, -0.15) is 13.2 Å². The Morgan fingerprint density at radius 1 is 1.33 bits per heavy atom. The monoisotopic (exact) mass is 221 g/mol. The van der Waals surface area contributed by atoms with Crippen molar-refractivity contribution in [2.75, 3.05) is 6.54 Å². The van der Waals surface area contributed by atoms with Gasteiger partial charge >= 0.3 is 6.18 Å². The van der Waals surface area contributed by atoms with Crippen LogP contribution in [0.1, 0.15) is 25.7 Å². The van der Waals surface area contributed by atoms with E-state index in [-0.39, 0.29) is 18.4 Å². The lowest BCUT2D eigenvalue weighted by Gasteiger charge is -2.37. The zero-order valence-corrected chi connectivity index (χ0v) is 8.27. The van der Waals surface area contributed by atoms with E-state index in [1.165, 1.54) is 0 Å². The van der Waals surface area contributed by atoms with Gasteiger partial charge in [-0.05, 0) is 25.7 Å². The van der Waals surface area contributed by atoms with Crippen LogP contribution in [-0.4, -0.2) is 24.2 Å². The average Bonchev–Trinajstić information content (AvgIpc) is 2.47. The van der Waals surface area contributed by atoms with Crippen LogP contribution in [0, 0.1) is 5.92 Å². The molecule has 0 aromatic carbocycles. The molecule has 0 radical (unpaired) electrons. The van der Waals surface area contributed by atoms with E-state index < -0.39 is 12.1 Å². The Bertz CT molecular complexity index is 277. The highest BCUT2D eigenvalue weighted by Gasteiger charge is 2.47. The van der Waals surface area contributed by atoms with Crippen LogP contribution in [0.2, 0.25) is 0 Å². The average molecular weight is 221 g/mol. The van der Waals surface area contributed by atoms with Crippen LogP contribution in [0.4, 0.5) is 13.2 Å². The fraction of sp³-hybridized carbons (Fsp3) is 0.889. The number of nitrogens with zero attached hydrogens (tertiary/aromatic N) is 1. The molecule has 6 heteroatoms. The van der Waals surface area contributed by atoms with Gasteiger partial charge in [0.05, 0.1) is 18.0 Å². The van der Waals surface area contributed by atoms with Gasteiger partial charge in [-0.1, -0.05) is 0 Å². The van der Waals surface area contributed by atoms with Crippen molar-refractivity contribution in [1.82, 2.24) is 5.32 Å². The van der Waals surface area contributed by atoms with Gasteiger partial charge in [0.1, 0.15) is 0 Å². The highest BCUT2D eigenvalue weighted by molar-refractivity contribution is 5.80. The van der Waals surface area contributed by atoms with E-state index in [0.29, 0.717) is 25.3 Å². The molecule has 0 aromatic rings. The summed E-state index contributed by atoms with van der Waals surface area (Å²) in [6, 6.07) is 0. The molecule has 2 aliphatic rings. The summed E-state index contributed by atoms with van der Waals surface area (Å²) in [7, 11) is 0. The van der Waals surface area contributed by atoms with Crippen molar-refractivity contribution in [3.8, 4) is 0 Å². The first kappa shape index (κ1) is 10.6. The standard InChI is InChI=1S/C9H14F3N3/c10-9(11,12)6-1-3-8(4-2-6)5-14-7(13)15-8/h6H,1-5H2,(H3,13,14,15). The van der Waals surface area contributed by atoms with E-state index in [0.717, 1.165) is 0 Å². The maximum absolute atomic E-state index is 12.4. The Kier molecular flexibility index (Phi) is 2.31. The van der Waals surface area contributed by atoms with Crippen molar-refractivity contribution in [2.45, 2.75) is 37.4 Å². The third-order valence-electron chi connectivity index (χ3n) is 3.35. The molecule has 15 heavy (non-hydrogen) atoms. The van der Waals surface area contributed by atoms with E-state index in [1.807, 2.05) is 0 Å². The summed E-state index contributed by atoms with van der Waals surface area (Å²) in [4.78, 5) is 4.00. The maximum atomic E-state index is 12.4. The van der Waals surface area contributed by atoms with Crippen molar-refractivity contribution in [2.24, 2.45) is 16.6 Å². The van der Waals surface area contributed by atoms with Crippen molar-refractivity contribution >= 4 is 5.96 Å². The van der Waals surface area contributed by atoms with Crippen LogP contribution in [0.3, 0.4) is 0 Å². The molecular weight excluding hydrogens is 207 g/mol. The van der Waals surface area contributed by atoms with Gasteiger partial charge in [0, 0.05) is 0 Å². The van der Waals surface area contributed by atoms with E-state index in [9.17, 15) is 13.2 Å². The summed E-state index contributed by atoms with van der Waals surface area (Å²) in [5.41, 5.74) is 5.19. The number of guanidine groups is 1. The molecule has 0 aromatic heterocycles. The molecule has 0 saturated heterocycles. The van der Waals surface area contributed by atoms with Crippen LogP contribution in [0.5, 0.6) is 0 Å². The van der Waals surface area contributed by atoms with Crippen LogP contribution in [0.15, 0.2) is 4.99 Å². The largest absolute Gasteiger partial charge is 0.391 e. The van der Waals surface area contributed by atoms with Crippen LogP contribution >= 0.6 is 0 Å². The fourth-order valence-corrected chi connectivity index (χ4v) is 2.37. The molecule has 1 fully saturated rings. The van der Waals surface area contributed by atoms with Crippen LogP contribution in [-0.2, 0) is 0 Å². The van der Waals surface area contributed by atoms with E-state index in [4.69, 9.17) is 5.73 Å². The summed E-state index contributed by atoms with van der Waals surface area (Å²) in [6.45, 7) is 0.517. The zero-order chi connectivity index (χ0) is 11.1. The Hall–Kier alpha value is -0.940. The number of hydrogen-bond donors (Lipinski definition) is 2. The van der Waals surface area contributed by atoms with Gasteiger partial charge in [-0.3, -0.25) is 4.99 Å². The topological polar surface area (TPSA) is 50.4 Å². The first-order chi connectivity index (χ1) is 6.91. The van der Waals surface area contributed by atoms with Gasteiger partial charge in [-0.15, -0.1) is 0 Å². The van der Waals surface area contributed by atoms with Gasteiger partial charge in [0.15, 0.2) is 5.96 Å². The lowest BCUT2D eigenvalue weighted by molar-refractivity contribution is -0.184. The first-order valence-corrected chi connectivity index (χ1v) is 5.06. The van der Waals surface area contributed by atoms with Gasteiger partial charge in [0.25, 0.3) is 0 Å². The second-order valence-electron chi connectivity index (χ2n) is 4.42. The van der Waals surface area contributed by atoms with Crippen molar-refractivity contribution < 1.29 is 13.2 Å². The van der Waals surface area contributed by atoms with Crippen LogP contribution in [0.25, 0.3) is 0 Å². The highest BCUT2D eigenvalue weighted by atomic mass is 19.4. The summed E-state index contributed by atoms with van der Waals surface area (Å²) < 4.78 is 37.3. The summed E-state index contributed by atoms with van der Waals surface area (Å²) in [6.07, 6.45) is -2.69. The number of nitrogens with one attached hydrogen (secondary N) is 1. The van der Waals surface area contributed by atoms with Gasteiger partial charge in [0.2, 0.25) is 0 Å². The molecule has 1 saturated carbocycles. The van der Waals surface area contributed by atoms with Crippen molar-refractivity contribution in [3.63, 3.8) is 0 Å². The number of hydrogen-bond acceptors (Lipinski definition) is 3. The number of halogens is 3. The highest BCUT2D eigenvalue weighted by Crippen LogP contribution is 2.41. The molecule has 2 rings (SSSR count). The number of aliphatic imine (C=N–C) groups is 1. The molecule has 86 valence electrons. The second-order valence-corrected chi connectivity index (χ2v) is 4.42.